The van der Waals surface area contributed by atoms with Crippen LogP contribution in [0.4, 0.5) is 0 Å². The SMILES string of the molecule is O=C(O)c1cccc(CNC(=O)c2ccc(-c3ccccc3)cc2)c1. The topological polar surface area (TPSA) is 66.4 Å². The maximum Gasteiger partial charge on any atom is 0.335 e. The van der Waals surface area contributed by atoms with Crippen molar-refractivity contribution < 1.29 is 14.7 Å². The Morgan fingerprint density at radius 3 is 2.12 bits per heavy atom. The molecule has 0 fully saturated rings. The first kappa shape index (κ1) is 16.5. The Bertz CT molecular complexity index is 887. The molecule has 2 N–H and O–H groups in total. The molecule has 124 valence electrons. The van der Waals surface area contributed by atoms with Crippen molar-refractivity contribution in [3.8, 4) is 11.1 Å². The molecule has 3 aromatic rings. The smallest absolute Gasteiger partial charge is 0.335 e. The van der Waals surface area contributed by atoms with E-state index in [-0.39, 0.29) is 18.0 Å². The summed E-state index contributed by atoms with van der Waals surface area (Å²) in [6, 6.07) is 23.9. The highest BCUT2D eigenvalue weighted by molar-refractivity contribution is 5.94. The van der Waals surface area contributed by atoms with Crippen molar-refractivity contribution in [2.45, 2.75) is 6.54 Å². The standard InChI is InChI=1S/C21H17NO3/c23-20(22-14-15-5-4-8-19(13-15)21(24)25)18-11-9-17(10-12-18)16-6-2-1-3-7-16/h1-13H,14H2,(H,22,23)(H,24,25). The Morgan fingerprint density at radius 1 is 0.760 bits per heavy atom. The van der Waals surface area contributed by atoms with Crippen LogP contribution < -0.4 is 5.32 Å². The van der Waals surface area contributed by atoms with Gasteiger partial charge in [0.15, 0.2) is 0 Å². The lowest BCUT2D eigenvalue weighted by atomic mass is 10.0. The molecule has 0 heterocycles. The van der Waals surface area contributed by atoms with Crippen LogP contribution in [0.15, 0.2) is 78.9 Å². The van der Waals surface area contributed by atoms with Crippen LogP contribution >= 0.6 is 0 Å². The Hall–Kier alpha value is -3.40. The van der Waals surface area contributed by atoms with Gasteiger partial charge in [0.05, 0.1) is 5.56 Å². The number of carbonyl (C=O) groups is 2. The summed E-state index contributed by atoms with van der Waals surface area (Å²) in [6.45, 7) is 0.278. The molecule has 0 spiro atoms. The Morgan fingerprint density at radius 2 is 1.44 bits per heavy atom. The predicted molar refractivity (Wildman–Crippen MR) is 96.4 cm³/mol. The van der Waals surface area contributed by atoms with Gasteiger partial charge in [-0.15, -0.1) is 0 Å². The number of aromatic carboxylic acids is 1. The molecule has 25 heavy (non-hydrogen) atoms. The summed E-state index contributed by atoms with van der Waals surface area (Å²) >= 11 is 0. The van der Waals surface area contributed by atoms with Gasteiger partial charge in [-0.05, 0) is 41.0 Å². The summed E-state index contributed by atoms with van der Waals surface area (Å²) in [5.74, 6) is -1.18. The fraction of sp³-hybridized carbons (Fsp3) is 0.0476. The summed E-state index contributed by atoms with van der Waals surface area (Å²) in [4.78, 5) is 23.2. The van der Waals surface area contributed by atoms with E-state index in [2.05, 4.69) is 5.32 Å². The van der Waals surface area contributed by atoms with Crippen LogP contribution in [0, 0.1) is 0 Å². The van der Waals surface area contributed by atoms with Crippen LogP contribution in [0.5, 0.6) is 0 Å². The quantitative estimate of drug-likeness (QED) is 0.743. The number of hydrogen-bond acceptors (Lipinski definition) is 2. The summed E-state index contributed by atoms with van der Waals surface area (Å²) in [7, 11) is 0. The second kappa shape index (κ2) is 7.45. The largest absolute Gasteiger partial charge is 0.478 e. The lowest BCUT2D eigenvalue weighted by molar-refractivity contribution is 0.0696. The molecule has 0 aliphatic rings. The average Bonchev–Trinajstić information content (AvgIpc) is 2.67. The molecule has 4 nitrogen and oxygen atoms in total. The van der Waals surface area contributed by atoms with Crippen molar-refractivity contribution in [3.63, 3.8) is 0 Å². The number of rotatable bonds is 5. The normalized spacial score (nSPS) is 10.2. The van der Waals surface area contributed by atoms with E-state index < -0.39 is 5.97 Å². The maximum atomic E-state index is 12.3. The molecule has 0 aromatic heterocycles. The van der Waals surface area contributed by atoms with E-state index in [1.54, 1.807) is 30.3 Å². The van der Waals surface area contributed by atoms with Gasteiger partial charge in [0, 0.05) is 12.1 Å². The number of amides is 1. The number of hydrogen-bond donors (Lipinski definition) is 2. The fourth-order valence-corrected chi connectivity index (χ4v) is 2.54. The van der Waals surface area contributed by atoms with Gasteiger partial charge in [-0.1, -0.05) is 54.6 Å². The minimum atomic E-state index is -0.982. The molecule has 0 saturated heterocycles. The zero-order chi connectivity index (χ0) is 17.6. The molecule has 0 saturated carbocycles. The van der Waals surface area contributed by atoms with E-state index >= 15 is 0 Å². The van der Waals surface area contributed by atoms with Gasteiger partial charge in [0.25, 0.3) is 5.91 Å². The molecule has 4 heteroatoms. The van der Waals surface area contributed by atoms with Gasteiger partial charge >= 0.3 is 5.97 Å². The van der Waals surface area contributed by atoms with Gasteiger partial charge in [0.1, 0.15) is 0 Å². The second-order valence-electron chi connectivity index (χ2n) is 5.63. The highest BCUT2D eigenvalue weighted by atomic mass is 16.4. The number of nitrogens with one attached hydrogen (secondary N) is 1. The Labute approximate surface area is 145 Å². The number of carboxylic acids is 1. The van der Waals surface area contributed by atoms with Crippen LogP contribution in [0.3, 0.4) is 0 Å². The van der Waals surface area contributed by atoms with Crippen LogP contribution in [0.2, 0.25) is 0 Å². The van der Waals surface area contributed by atoms with Gasteiger partial charge in [-0.3, -0.25) is 4.79 Å². The fourth-order valence-electron chi connectivity index (χ4n) is 2.54. The molecule has 3 rings (SSSR count). The molecular weight excluding hydrogens is 314 g/mol. The molecule has 1 amide bonds. The Balaban J connectivity index is 1.65. The molecule has 0 radical (unpaired) electrons. The molecule has 3 aromatic carbocycles. The lowest BCUT2D eigenvalue weighted by Gasteiger charge is -2.07. The Kier molecular flexibility index (Phi) is 4.90. The maximum absolute atomic E-state index is 12.3. The molecule has 0 atom stereocenters. The third-order valence-corrected chi connectivity index (χ3v) is 3.88. The second-order valence-corrected chi connectivity index (χ2v) is 5.63. The molecule has 0 bridgehead atoms. The third-order valence-electron chi connectivity index (χ3n) is 3.88. The first-order valence-electron chi connectivity index (χ1n) is 7.89. The van der Waals surface area contributed by atoms with Crippen molar-refractivity contribution >= 4 is 11.9 Å². The zero-order valence-corrected chi connectivity index (χ0v) is 13.5. The van der Waals surface area contributed by atoms with Crippen LogP contribution in [-0.2, 0) is 6.54 Å². The third kappa shape index (κ3) is 4.12. The highest BCUT2D eigenvalue weighted by Crippen LogP contribution is 2.19. The van der Waals surface area contributed by atoms with E-state index in [4.69, 9.17) is 5.11 Å². The van der Waals surface area contributed by atoms with E-state index in [9.17, 15) is 9.59 Å². The van der Waals surface area contributed by atoms with Gasteiger partial charge in [-0.2, -0.15) is 0 Å². The van der Waals surface area contributed by atoms with E-state index in [0.717, 1.165) is 16.7 Å². The van der Waals surface area contributed by atoms with E-state index in [0.29, 0.717) is 5.56 Å². The first-order valence-corrected chi connectivity index (χ1v) is 7.89. The van der Waals surface area contributed by atoms with Crippen molar-refractivity contribution in [2.24, 2.45) is 0 Å². The van der Waals surface area contributed by atoms with Crippen LogP contribution in [0.25, 0.3) is 11.1 Å². The zero-order valence-electron chi connectivity index (χ0n) is 13.5. The summed E-state index contributed by atoms with van der Waals surface area (Å²) in [5, 5.41) is 11.8. The summed E-state index contributed by atoms with van der Waals surface area (Å²) in [5.41, 5.74) is 3.66. The van der Waals surface area contributed by atoms with Gasteiger partial charge < -0.3 is 10.4 Å². The van der Waals surface area contributed by atoms with Crippen molar-refractivity contribution in [1.29, 1.82) is 0 Å². The van der Waals surface area contributed by atoms with Crippen molar-refractivity contribution in [1.82, 2.24) is 5.32 Å². The molecular formula is C21H17NO3. The summed E-state index contributed by atoms with van der Waals surface area (Å²) in [6.07, 6.45) is 0. The van der Waals surface area contributed by atoms with E-state index in [1.807, 2.05) is 42.5 Å². The number of carboxylic acid groups (broad SMARTS) is 1. The highest BCUT2D eigenvalue weighted by Gasteiger charge is 2.07. The van der Waals surface area contributed by atoms with Crippen LogP contribution in [0.1, 0.15) is 26.3 Å². The summed E-state index contributed by atoms with van der Waals surface area (Å²) < 4.78 is 0. The van der Waals surface area contributed by atoms with Crippen molar-refractivity contribution in [3.05, 3.63) is 95.6 Å². The molecule has 0 unspecified atom stereocenters. The van der Waals surface area contributed by atoms with E-state index in [1.165, 1.54) is 6.07 Å². The number of benzene rings is 3. The molecule has 0 aliphatic carbocycles. The monoisotopic (exact) mass is 331 g/mol. The minimum absolute atomic E-state index is 0.194. The van der Waals surface area contributed by atoms with Crippen molar-refractivity contribution in [2.75, 3.05) is 0 Å². The average molecular weight is 331 g/mol. The van der Waals surface area contributed by atoms with Crippen LogP contribution in [-0.4, -0.2) is 17.0 Å². The van der Waals surface area contributed by atoms with Gasteiger partial charge in [0.2, 0.25) is 0 Å². The predicted octanol–water partition coefficient (Wildman–Crippen LogP) is 3.98. The number of carbonyl (C=O) groups excluding carboxylic acids is 1. The molecule has 0 aliphatic heterocycles. The minimum Gasteiger partial charge on any atom is -0.478 e. The first-order chi connectivity index (χ1) is 12.1. The van der Waals surface area contributed by atoms with Gasteiger partial charge in [-0.25, -0.2) is 4.79 Å². The lowest BCUT2D eigenvalue weighted by Crippen LogP contribution is -2.22.